The van der Waals surface area contributed by atoms with Gasteiger partial charge >= 0.3 is 6.18 Å². The summed E-state index contributed by atoms with van der Waals surface area (Å²) < 4.78 is 39.5. The summed E-state index contributed by atoms with van der Waals surface area (Å²) >= 11 is 0. The summed E-state index contributed by atoms with van der Waals surface area (Å²) in [6.45, 7) is 7.11. The van der Waals surface area contributed by atoms with Gasteiger partial charge in [-0.1, -0.05) is 13.0 Å². The molecule has 5 heteroatoms. The predicted octanol–water partition coefficient (Wildman–Crippen LogP) is 3.83. The van der Waals surface area contributed by atoms with E-state index in [1.165, 1.54) is 6.07 Å². The van der Waals surface area contributed by atoms with E-state index >= 15 is 0 Å². The fourth-order valence-electron chi connectivity index (χ4n) is 2.29. The van der Waals surface area contributed by atoms with E-state index in [9.17, 15) is 13.2 Å². The molecule has 1 atom stereocenters. The maximum Gasteiger partial charge on any atom is 0.416 e. The molecule has 20 heavy (non-hydrogen) atoms. The minimum atomic E-state index is -4.34. The summed E-state index contributed by atoms with van der Waals surface area (Å²) in [5.74, 6) is 0. The van der Waals surface area contributed by atoms with Crippen molar-refractivity contribution >= 4 is 5.69 Å². The number of hydrogen-bond acceptors (Lipinski definition) is 2. The Balaban J connectivity index is 3.19. The molecule has 2 nitrogen and oxygen atoms in total. The standard InChI is InChI=1S/C15H23F3N2/c1-4-8-20(5-2)13-7-6-12(9-11(3)19)14(10-13)15(16,17)18/h6-7,10-11H,4-5,8-9,19H2,1-3H3. The Hall–Kier alpha value is -1.23. The molecule has 0 aliphatic heterocycles. The molecule has 0 bridgehead atoms. The molecule has 0 saturated carbocycles. The molecule has 0 aliphatic carbocycles. The molecule has 0 fully saturated rings. The summed E-state index contributed by atoms with van der Waals surface area (Å²) in [7, 11) is 0. The monoisotopic (exact) mass is 288 g/mol. The summed E-state index contributed by atoms with van der Waals surface area (Å²) in [5.41, 5.74) is 5.95. The zero-order valence-corrected chi connectivity index (χ0v) is 12.3. The van der Waals surface area contributed by atoms with Gasteiger partial charge in [-0.25, -0.2) is 0 Å². The van der Waals surface area contributed by atoms with Crippen LogP contribution < -0.4 is 10.6 Å². The number of rotatable bonds is 6. The van der Waals surface area contributed by atoms with Crippen molar-refractivity contribution in [3.8, 4) is 0 Å². The topological polar surface area (TPSA) is 29.3 Å². The molecule has 0 aliphatic rings. The highest BCUT2D eigenvalue weighted by atomic mass is 19.4. The van der Waals surface area contributed by atoms with Crippen molar-refractivity contribution in [1.29, 1.82) is 0 Å². The number of benzene rings is 1. The first-order valence-corrected chi connectivity index (χ1v) is 7.00. The Kier molecular flexibility index (Phi) is 5.87. The van der Waals surface area contributed by atoms with Gasteiger partial charge in [0.05, 0.1) is 5.56 Å². The molecule has 114 valence electrons. The zero-order chi connectivity index (χ0) is 15.3. The number of nitrogens with two attached hydrogens (primary N) is 1. The van der Waals surface area contributed by atoms with E-state index in [1.54, 1.807) is 19.1 Å². The van der Waals surface area contributed by atoms with Crippen molar-refractivity contribution in [2.24, 2.45) is 5.73 Å². The Labute approximate surface area is 118 Å². The Morgan fingerprint density at radius 3 is 2.35 bits per heavy atom. The fourth-order valence-corrected chi connectivity index (χ4v) is 2.29. The van der Waals surface area contributed by atoms with Crippen LogP contribution in [-0.2, 0) is 12.6 Å². The molecule has 0 saturated heterocycles. The molecule has 2 N–H and O–H groups in total. The van der Waals surface area contributed by atoms with Crippen molar-refractivity contribution in [3.05, 3.63) is 29.3 Å². The summed E-state index contributed by atoms with van der Waals surface area (Å²) in [5, 5.41) is 0. The van der Waals surface area contributed by atoms with E-state index in [4.69, 9.17) is 5.73 Å². The number of hydrogen-bond donors (Lipinski definition) is 1. The second-order valence-electron chi connectivity index (χ2n) is 5.10. The molecule has 0 heterocycles. The summed E-state index contributed by atoms with van der Waals surface area (Å²) in [4.78, 5) is 1.95. The second-order valence-corrected chi connectivity index (χ2v) is 5.10. The normalized spacial score (nSPS) is 13.3. The lowest BCUT2D eigenvalue weighted by Crippen LogP contribution is -2.25. The van der Waals surface area contributed by atoms with Crippen molar-refractivity contribution in [2.45, 2.75) is 45.8 Å². The first-order valence-electron chi connectivity index (χ1n) is 7.00. The molecule has 1 rings (SSSR count). The number of alkyl halides is 3. The molecule has 1 aromatic rings. The van der Waals surface area contributed by atoms with Crippen LogP contribution in [0.5, 0.6) is 0 Å². The van der Waals surface area contributed by atoms with E-state index < -0.39 is 11.7 Å². The number of nitrogens with zero attached hydrogens (tertiary/aromatic N) is 1. The van der Waals surface area contributed by atoms with Gasteiger partial charge < -0.3 is 10.6 Å². The van der Waals surface area contributed by atoms with Gasteiger partial charge in [-0.05, 0) is 44.4 Å². The highest BCUT2D eigenvalue weighted by molar-refractivity contribution is 5.52. The quantitative estimate of drug-likeness (QED) is 0.862. The first kappa shape index (κ1) is 16.8. The van der Waals surface area contributed by atoms with Gasteiger partial charge in [-0.3, -0.25) is 0 Å². The molecular weight excluding hydrogens is 265 g/mol. The van der Waals surface area contributed by atoms with Gasteiger partial charge in [0.1, 0.15) is 0 Å². The second kappa shape index (κ2) is 6.97. The van der Waals surface area contributed by atoms with Crippen molar-refractivity contribution < 1.29 is 13.2 Å². The Morgan fingerprint density at radius 2 is 1.90 bits per heavy atom. The van der Waals surface area contributed by atoms with Gasteiger partial charge in [0.25, 0.3) is 0 Å². The van der Waals surface area contributed by atoms with E-state index in [0.29, 0.717) is 12.2 Å². The predicted molar refractivity (Wildman–Crippen MR) is 77.0 cm³/mol. The zero-order valence-electron chi connectivity index (χ0n) is 12.3. The van der Waals surface area contributed by atoms with Gasteiger partial charge in [0, 0.05) is 24.8 Å². The van der Waals surface area contributed by atoms with Crippen LogP contribution in [0.4, 0.5) is 18.9 Å². The van der Waals surface area contributed by atoms with Crippen LogP contribution in [0.3, 0.4) is 0 Å². The number of anilines is 1. The van der Waals surface area contributed by atoms with Crippen molar-refractivity contribution in [2.75, 3.05) is 18.0 Å². The Morgan fingerprint density at radius 1 is 1.25 bits per heavy atom. The lowest BCUT2D eigenvalue weighted by molar-refractivity contribution is -0.138. The van der Waals surface area contributed by atoms with Crippen LogP contribution in [-0.4, -0.2) is 19.1 Å². The molecule has 0 aromatic heterocycles. The van der Waals surface area contributed by atoms with Gasteiger partial charge in [0.15, 0.2) is 0 Å². The highest BCUT2D eigenvalue weighted by Gasteiger charge is 2.34. The molecule has 0 radical (unpaired) electrons. The van der Waals surface area contributed by atoms with Gasteiger partial charge in [-0.15, -0.1) is 0 Å². The van der Waals surface area contributed by atoms with Crippen molar-refractivity contribution in [3.63, 3.8) is 0 Å². The van der Waals surface area contributed by atoms with E-state index in [0.717, 1.165) is 13.0 Å². The van der Waals surface area contributed by atoms with Crippen LogP contribution in [0.1, 0.15) is 38.3 Å². The van der Waals surface area contributed by atoms with Crippen LogP contribution in [0.2, 0.25) is 0 Å². The van der Waals surface area contributed by atoms with Crippen LogP contribution in [0.15, 0.2) is 18.2 Å². The lowest BCUT2D eigenvalue weighted by Gasteiger charge is -2.24. The van der Waals surface area contributed by atoms with Crippen molar-refractivity contribution in [1.82, 2.24) is 0 Å². The SMILES string of the molecule is CCCN(CC)c1ccc(CC(C)N)c(C(F)(F)F)c1. The maximum atomic E-state index is 13.2. The smallest absolute Gasteiger partial charge is 0.372 e. The summed E-state index contributed by atoms with van der Waals surface area (Å²) in [6.07, 6.45) is -3.21. The van der Waals surface area contributed by atoms with E-state index in [2.05, 4.69) is 0 Å². The van der Waals surface area contributed by atoms with Crippen LogP contribution in [0.25, 0.3) is 0 Å². The molecule has 0 spiro atoms. The average Bonchev–Trinajstić information content (AvgIpc) is 2.34. The van der Waals surface area contributed by atoms with Crippen LogP contribution in [0, 0.1) is 0 Å². The summed E-state index contributed by atoms with van der Waals surface area (Å²) in [6, 6.07) is 4.27. The van der Waals surface area contributed by atoms with Crippen LogP contribution >= 0.6 is 0 Å². The lowest BCUT2D eigenvalue weighted by atomic mass is 9.99. The van der Waals surface area contributed by atoms with E-state index in [1.807, 2.05) is 18.7 Å². The van der Waals surface area contributed by atoms with Gasteiger partial charge in [-0.2, -0.15) is 13.2 Å². The molecule has 1 unspecified atom stereocenters. The maximum absolute atomic E-state index is 13.2. The highest BCUT2D eigenvalue weighted by Crippen LogP contribution is 2.35. The van der Waals surface area contributed by atoms with E-state index in [-0.39, 0.29) is 18.0 Å². The van der Waals surface area contributed by atoms with Gasteiger partial charge in [0.2, 0.25) is 0 Å². The first-order chi connectivity index (χ1) is 9.29. The number of halogens is 3. The minimum Gasteiger partial charge on any atom is -0.372 e. The fraction of sp³-hybridized carbons (Fsp3) is 0.600. The molecule has 0 amide bonds. The minimum absolute atomic E-state index is 0.231. The largest absolute Gasteiger partial charge is 0.416 e. The third kappa shape index (κ3) is 4.40. The molecular formula is C15H23F3N2. The third-order valence-electron chi connectivity index (χ3n) is 3.18. The average molecular weight is 288 g/mol. The Bertz CT molecular complexity index is 428. The third-order valence-corrected chi connectivity index (χ3v) is 3.18. The molecule has 1 aromatic carbocycles.